The van der Waals surface area contributed by atoms with Gasteiger partial charge < -0.3 is 9.26 Å². The van der Waals surface area contributed by atoms with E-state index in [-0.39, 0.29) is 4.90 Å². The van der Waals surface area contributed by atoms with Crippen LogP contribution >= 0.6 is 0 Å². The molecule has 0 bridgehead atoms. The Kier molecular flexibility index (Phi) is 5.49. The molecule has 0 aliphatic rings. The lowest BCUT2D eigenvalue weighted by Gasteiger charge is -2.08. The molecule has 7 nitrogen and oxygen atoms in total. The van der Waals surface area contributed by atoms with E-state index in [1.165, 1.54) is 0 Å². The van der Waals surface area contributed by atoms with Crippen molar-refractivity contribution in [2.45, 2.75) is 11.3 Å². The molecular weight excluding hydrogens is 402 g/mol. The SMILES string of the molecule is COc1cccc(Cc2nc(-c3ccc(NS(=O)(=O)c4ccccc4)cc3)no2)c1. The highest BCUT2D eigenvalue weighted by atomic mass is 32.2. The van der Waals surface area contributed by atoms with Gasteiger partial charge in [0.1, 0.15) is 5.75 Å². The van der Waals surface area contributed by atoms with Crippen LogP contribution in [0.5, 0.6) is 5.75 Å². The number of nitrogens with zero attached hydrogens (tertiary/aromatic N) is 2. The highest BCUT2D eigenvalue weighted by molar-refractivity contribution is 7.92. The number of hydrogen-bond donors (Lipinski definition) is 1. The summed E-state index contributed by atoms with van der Waals surface area (Å²) in [7, 11) is -2.02. The predicted molar refractivity (Wildman–Crippen MR) is 113 cm³/mol. The van der Waals surface area contributed by atoms with Crippen LogP contribution in [0.25, 0.3) is 11.4 Å². The Morgan fingerprint density at radius 1 is 0.967 bits per heavy atom. The second-order valence-electron chi connectivity index (χ2n) is 6.54. The highest BCUT2D eigenvalue weighted by Gasteiger charge is 2.14. The Hall–Kier alpha value is -3.65. The number of ether oxygens (including phenoxy) is 1. The summed E-state index contributed by atoms with van der Waals surface area (Å²) in [6.45, 7) is 0. The van der Waals surface area contributed by atoms with E-state index >= 15 is 0 Å². The first-order valence-corrected chi connectivity index (χ1v) is 10.7. The third-order valence-electron chi connectivity index (χ3n) is 4.41. The molecule has 1 N–H and O–H groups in total. The molecular formula is C22H19N3O4S. The minimum Gasteiger partial charge on any atom is -0.497 e. The van der Waals surface area contributed by atoms with Crippen molar-refractivity contribution in [1.82, 2.24) is 10.1 Å². The third-order valence-corrected chi connectivity index (χ3v) is 5.80. The number of aromatic nitrogens is 2. The molecule has 0 spiro atoms. The van der Waals surface area contributed by atoms with Gasteiger partial charge >= 0.3 is 0 Å². The second kappa shape index (κ2) is 8.38. The molecule has 0 atom stereocenters. The zero-order chi connectivity index (χ0) is 21.0. The van der Waals surface area contributed by atoms with E-state index in [1.54, 1.807) is 61.7 Å². The topological polar surface area (TPSA) is 94.3 Å². The molecule has 0 saturated heterocycles. The van der Waals surface area contributed by atoms with Crippen molar-refractivity contribution < 1.29 is 17.7 Å². The van der Waals surface area contributed by atoms with Gasteiger partial charge in [-0.15, -0.1) is 0 Å². The Labute approximate surface area is 174 Å². The van der Waals surface area contributed by atoms with Crippen LogP contribution in [0.15, 0.2) is 88.3 Å². The van der Waals surface area contributed by atoms with Gasteiger partial charge in [-0.2, -0.15) is 4.98 Å². The van der Waals surface area contributed by atoms with Crippen LogP contribution in [-0.4, -0.2) is 25.7 Å². The minimum absolute atomic E-state index is 0.203. The molecule has 0 saturated carbocycles. The van der Waals surface area contributed by atoms with Crippen LogP contribution in [-0.2, 0) is 16.4 Å². The Morgan fingerprint density at radius 2 is 1.73 bits per heavy atom. The first kappa shape index (κ1) is 19.7. The van der Waals surface area contributed by atoms with Gasteiger partial charge in [-0.05, 0) is 54.1 Å². The molecule has 1 heterocycles. The molecule has 0 unspecified atom stereocenters. The Bertz CT molecular complexity index is 1240. The van der Waals surface area contributed by atoms with Gasteiger partial charge in [0.25, 0.3) is 10.0 Å². The van der Waals surface area contributed by atoms with Crippen LogP contribution in [0.1, 0.15) is 11.5 Å². The molecule has 4 rings (SSSR count). The second-order valence-corrected chi connectivity index (χ2v) is 8.22. The molecule has 152 valence electrons. The average molecular weight is 421 g/mol. The predicted octanol–water partition coefficient (Wildman–Crippen LogP) is 4.14. The van der Waals surface area contributed by atoms with Crippen molar-refractivity contribution in [3.63, 3.8) is 0 Å². The average Bonchev–Trinajstić information content (AvgIpc) is 3.23. The van der Waals surface area contributed by atoms with Crippen LogP contribution < -0.4 is 9.46 Å². The van der Waals surface area contributed by atoms with Gasteiger partial charge in [-0.1, -0.05) is 35.5 Å². The van der Waals surface area contributed by atoms with E-state index in [4.69, 9.17) is 9.26 Å². The normalized spacial score (nSPS) is 11.2. The van der Waals surface area contributed by atoms with Crippen molar-refractivity contribution in [2.75, 3.05) is 11.8 Å². The minimum atomic E-state index is -3.64. The molecule has 0 radical (unpaired) electrons. The van der Waals surface area contributed by atoms with Gasteiger partial charge in [0.2, 0.25) is 11.7 Å². The summed E-state index contributed by atoms with van der Waals surface area (Å²) < 4.78 is 38.0. The van der Waals surface area contributed by atoms with E-state index in [9.17, 15) is 8.42 Å². The van der Waals surface area contributed by atoms with Crippen molar-refractivity contribution >= 4 is 15.7 Å². The van der Waals surface area contributed by atoms with E-state index in [2.05, 4.69) is 14.9 Å². The molecule has 0 aliphatic carbocycles. The van der Waals surface area contributed by atoms with Gasteiger partial charge in [-0.3, -0.25) is 4.72 Å². The van der Waals surface area contributed by atoms with E-state index < -0.39 is 10.0 Å². The summed E-state index contributed by atoms with van der Waals surface area (Å²) >= 11 is 0. The standard InChI is InChI=1S/C22H19N3O4S/c1-28-19-7-5-6-16(14-19)15-21-23-22(24-29-21)17-10-12-18(13-11-17)25-30(26,27)20-8-3-2-4-9-20/h2-14,25H,15H2,1H3. The van der Waals surface area contributed by atoms with Crippen molar-refractivity contribution in [2.24, 2.45) is 0 Å². The number of hydrogen-bond acceptors (Lipinski definition) is 6. The maximum atomic E-state index is 12.4. The van der Waals surface area contributed by atoms with Crippen molar-refractivity contribution in [3.05, 3.63) is 90.3 Å². The summed E-state index contributed by atoms with van der Waals surface area (Å²) in [5, 5.41) is 4.02. The number of rotatable bonds is 7. The van der Waals surface area contributed by atoms with Gasteiger partial charge in [0.05, 0.1) is 18.4 Å². The lowest BCUT2D eigenvalue weighted by Crippen LogP contribution is -2.12. The highest BCUT2D eigenvalue weighted by Crippen LogP contribution is 2.22. The number of sulfonamides is 1. The molecule has 0 aliphatic heterocycles. The molecule has 1 aromatic heterocycles. The molecule has 0 amide bonds. The maximum absolute atomic E-state index is 12.4. The van der Waals surface area contributed by atoms with Crippen LogP contribution in [0.4, 0.5) is 5.69 Å². The number of nitrogens with one attached hydrogen (secondary N) is 1. The fourth-order valence-electron chi connectivity index (χ4n) is 2.90. The van der Waals surface area contributed by atoms with Crippen molar-refractivity contribution in [1.29, 1.82) is 0 Å². The summed E-state index contributed by atoms with van der Waals surface area (Å²) in [4.78, 5) is 4.63. The fraction of sp³-hybridized carbons (Fsp3) is 0.0909. The Balaban J connectivity index is 1.47. The van der Waals surface area contributed by atoms with Gasteiger partial charge in [-0.25, -0.2) is 8.42 Å². The van der Waals surface area contributed by atoms with E-state index in [0.717, 1.165) is 16.9 Å². The molecule has 8 heteroatoms. The summed E-state index contributed by atoms with van der Waals surface area (Å²) in [5.41, 5.74) is 2.16. The summed E-state index contributed by atoms with van der Waals surface area (Å²) in [6, 6.07) is 22.7. The summed E-state index contributed by atoms with van der Waals surface area (Å²) in [6.07, 6.45) is 0.485. The molecule has 0 fully saturated rings. The molecule has 30 heavy (non-hydrogen) atoms. The van der Waals surface area contributed by atoms with Crippen LogP contribution in [0.2, 0.25) is 0 Å². The smallest absolute Gasteiger partial charge is 0.261 e. The van der Waals surface area contributed by atoms with Gasteiger partial charge in [0.15, 0.2) is 0 Å². The van der Waals surface area contributed by atoms with E-state index in [1.807, 2.05) is 24.3 Å². The lowest BCUT2D eigenvalue weighted by molar-refractivity contribution is 0.385. The first-order valence-electron chi connectivity index (χ1n) is 9.17. The third kappa shape index (κ3) is 4.49. The van der Waals surface area contributed by atoms with Gasteiger partial charge in [0, 0.05) is 11.3 Å². The van der Waals surface area contributed by atoms with Crippen LogP contribution in [0.3, 0.4) is 0 Å². The monoisotopic (exact) mass is 421 g/mol. The quantitative estimate of drug-likeness (QED) is 0.482. The summed E-state index contributed by atoms with van der Waals surface area (Å²) in [5.74, 6) is 1.68. The maximum Gasteiger partial charge on any atom is 0.261 e. The Morgan fingerprint density at radius 3 is 2.47 bits per heavy atom. The number of benzene rings is 3. The van der Waals surface area contributed by atoms with Crippen LogP contribution in [0, 0.1) is 0 Å². The zero-order valence-electron chi connectivity index (χ0n) is 16.1. The number of methoxy groups -OCH3 is 1. The number of anilines is 1. The lowest BCUT2D eigenvalue weighted by atomic mass is 10.1. The largest absolute Gasteiger partial charge is 0.497 e. The molecule has 3 aromatic carbocycles. The zero-order valence-corrected chi connectivity index (χ0v) is 17.0. The van der Waals surface area contributed by atoms with Crippen molar-refractivity contribution in [3.8, 4) is 17.1 Å². The molecule has 4 aromatic rings. The fourth-order valence-corrected chi connectivity index (χ4v) is 3.98. The first-order chi connectivity index (χ1) is 14.5. The van der Waals surface area contributed by atoms with E-state index in [0.29, 0.717) is 23.8 Å².